The molecule has 0 aromatic heterocycles. The summed E-state index contributed by atoms with van der Waals surface area (Å²) in [6.07, 6.45) is 1.97. The lowest BCUT2D eigenvalue weighted by atomic mass is 9.99. The maximum Gasteiger partial charge on any atom is 0.314 e. The number of aliphatic carboxylic acids is 1. The van der Waals surface area contributed by atoms with Gasteiger partial charge in [-0.2, -0.15) is 0 Å². The number of methoxy groups -OCH3 is 1. The third kappa shape index (κ3) is 2.58. The summed E-state index contributed by atoms with van der Waals surface area (Å²) in [6, 6.07) is 7.46. The van der Waals surface area contributed by atoms with Gasteiger partial charge in [0.2, 0.25) is 0 Å². The van der Waals surface area contributed by atoms with Crippen molar-refractivity contribution >= 4 is 15.8 Å². The Kier molecular flexibility index (Phi) is 4.13. The summed E-state index contributed by atoms with van der Waals surface area (Å²) < 4.78 is 29.0. The zero-order chi connectivity index (χ0) is 15.8. The van der Waals surface area contributed by atoms with Crippen LogP contribution >= 0.6 is 0 Å². The van der Waals surface area contributed by atoms with Crippen LogP contribution < -0.4 is 0 Å². The predicted molar refractivity (Wildman–Crippen MR) is 79.1 cm³/mol. The maximum atomic E-state index is 12.0. The number of ether oxygens (including phenoxy) is 1. The van der Waals surface area contributed by atoms with Crippen LogP contribution in [0.3, 0.4) is 0 Å². The number of carboxylic acids is 1. The first kappa shape index (κ1) is 16.0. The van der Waals surface area contributed by atoms with Gasteiger partial charge in [-0.3, -0.25) is 4.79 Å². The molecule has 0 heterocycles. The number of rotatable bonds is 6. The summed E-state index contributed by atoms with van der Waals surface area (Å²) in [5, 5.41) is 8.62. The third-order valence-electron chi connectivity index (χ3n) is 4.25. The van der Waals surface area contributed by atoms with Crippen molar-refractivity contribution in [3.63, 3.8) is 0 Å². The molecular formula is C15H20O5S. The molecule has 0 radical (unpaired) electrons. The highest BCUT2D eigenvalue weighted by Gasteiger charge is 2.74. The normalized spacial score (nSPS) is 28.3. The molecule has 0 amide bonds. The average Bonchev–Trinajstić information content (AvgIpc) is 3.10. The number of sulfone groups is 1. The molecule has 1 N–H and O–H groups in total. The highest BCUT2D eigenvalue weighted by atomic mass is 32.2. The first-order chi connectivity index (χ1) is 9.79. The van der Waals surface area contributed by atoms with E-state index in [1.54, 1.807) is 0 Å². The van der Waals surface area contributed by atoms with Gasteiger partial charge in [-0.1, -0.05) is 31.2 Å². The minimum absolute atomic E-state index is 0.111. The Balaban J connectivity index is 2.46. The fourth-order valence-corrected chi connectivity index (χ4v) is 5.09. The molecule has 0 spiro atoms. The molecule has 0 bridgehead atoms. The van der Waals surface area contributed by atoms with Gasteiger partial charge < -0.3 is 9.84 Å². The quantitative estimate of drug-likeness (QED) is 0.860. The second kappa shape index (κ2) is 5.42. The second-order valence-electron chi connectivity index (χ2n) is 5.60. The average molecular weight is 312 g/mol. The SMILES string of the molecule is CCc1ccc([C@@H]2[C@@H](S(C)(=O)=O)[C@@]2(COC)C(=O)O)cc1. The van der Waals surface area contributed by atoms with Crippen LogP contribution in [0.2, 0.25) is 0 Å². The van der Waals surface area contributed by atoms with Crippen LogP contribution in [0.15, 0.2) is 24.3 Å². The van der Waals surface area contributed by atoms with Gasteiger partial charge >= 0.3 is 5.97 Å². The Morgan fingerprint density at radius 3 is 2.29 bits per heavy atom. The molecule has 0 unspecified atom stereocenters. The summed E-state index contributed by atoms with van der Waals surface area (Å²) in [4.78, 5) is 11.7. The molecular weight excluding hydrogens is 292 g/mol. The molecule has 2 rings (SSSR count). The molecule has 1 fully saturated rings. The fourth-order valence-electron chi connectivity index (χ4n) is 3.19. The van der Waals surface area contributed by atoms with E-state index in [0.29, 0.717) is 0 Å². The summed E-state index contributed by atoms with van der Waals surface area (Å²) >= 11 is 0. The molecule has 1 aliphatic rings. The van der Waals surface area contributed by atoms with E-state index < -0.39 is 32.4 Å². The van der Waals surface area contributed by atoms with Gasteiger partial charge in [-0.05, 0) is 17.5 Å². The number of hydrogen-bond donors (Lipinski definition) is 1. The Bertz CT molecular complexity index is 635. The molecule has 5 nitrogen and oxygen atoms in total. The summed E-state index contributed by atoms with van der Waals surface area (Å²) in [6.45, 7) is 1.91. The van der Waals surface area contributed by atoms with E-state index in [4.69, 9.17) is 4.74 Å². The molecule has 3 atom stereocenters. The first-order valence-corrected chi connectivity index (χ1v) is 8.74. The first-order valence-electron chi connectivity index (χ1n) is 6.79. The van der Waals surface area contributed by atoms with Gasteiger partial charge in [0.1, 0.15) is 5.41 Å². The second-order valence-corrected chi connectivity index (χ2v) is 7.77. The molecule has 1 aromatic carbocycles. The fraction of sp³-hybridized carbons (Fsp3) is 0.533. The van der Waals surface area contributed by atoms with E-state index in [1.165, 1.54) is 7.11 Å². The van der Waals surface area contributed by atoms with Crippen molar-refractivity contribution in [2.45, 2.75) is 24.5 Å². The lowest BCUT2D eigenvalue weighted by Gasteiger charge is -2.11. The van der Waals surface area contributed by atoms with Crippen LogP contribution in [0.25, 0.3) is 0 Å². The molecule has 6 heteroatoms. The number of carbonyl (C=O) groups is 1. The van der Waals surface area contributed by atoms with Gasteiger partial charge in [0.05, 0.1) is 11.9 Å². The van der Waals surface area contributed by atoms with E-state index in [-0.39, 0.29) is 6.61 Å². The predicted octanol–water partition coefficient (Wildman–Crippen LogP) is 1.48. The van der Waals surface area contributed by atoms with Gasteiger partial charge in [-0.25, -0.2) is 8.42 Å². The molecule has 1 aromatic rings. The minimum Gasteiger partial charge on any atom is -0.481 e. The monoisotopic (exact) mass is 312 g/mol. The Morgan fingerprint density at radius 1 is 1.33 bits per heavy atom. The standard InChI is InChI=1S/C15H20O5S/c1-4-10-5-7-11(8-6-10)12-13(21(3,18)19)15(12,9-20-2)14(16)17/h5-8,12-13H,4,9H2,1-3H3,(H,16,17)/t12-,13-,15+/m1/s1. The Hall–Kier alpha value is -1.40. The lowest BCUT2D eigenvalue weighted by molar-refractivity contribution is -0.145. The molecule has 1 aliphatic carbocycles. The molecule has 1 saturated carbocycles. The van der Waals surface area contributed by atoms with Crippen molar-refractivity contribution in [2.75, 3.05) is 20.0 Å². The third-order valence-corrected chi connectivity index (χ3v) is 5.86. The maximum absolute atomic E-state index is 12.0. The zero-order valence-electron chi connectivity index (χ0n) is 12.4. The van der Waals surface area contributed by atoms with E-state index >= 15 is 0 Å². The van der Waals surface area contributed by atoms with Crippen molar-refractivity contribution in [3.05, 3.63) is 35.4 Å². The topological polar surface area (TPSA) is 80.7 Å². The van der Waals surface area contributed by atoms with E-state index in [1.807, 2.05) is 31.2 Å². The molecule has 0 aliphatic heterocycles. The zero-order valence-corrected chi connectivity index (χ0v) is 13.2. The molecule has 21 heavy (non-hydrogen) atoms. The summed E-state index contributed by atoms with van der Waals surface area (Å²) in [5.74, 6) is -1.68. The largest absolute Gasteiger partial charge is 0.481 e. The van der Waals surface area contributed by atoms with Gasteiger partial charge in [0.15, 0.2) is 9.84 Å². The highest BCUT2D eigenvalue weighted by molar-refractivity contribution is 7.91. The van der Waals surface area contributed by atoms with Crippen molar-refractivity contribution in [2.24, 2.45) is 5.41 Å². The summed E-state index contributed by atoms with van der Waals surface area (Å²) in [7, 11) is -2.09. The van der Waals surface area contributed by atoms with Gasteiger partial charge in [-0.15, -0.1) is 0 Å². The van der Waals surface area contributed by atoms with E-state index in [2.05, 4.69) is 0 Å². The van der Waals surface area contributed by atoms with Crippen LogP contribution in [0.4, 0.5) is 0 Å². The van der Waals surface area contributed by atoms with Crippen LogP contribution in [-0.4, -0.2) is 44.7 Å². The van der Waals surface area contributed by atoms with Crippen molar-refractivity contribution in [1.29, 1.82) is 0 Å². The molecule has 116 valence electrons. The number of carboxylic acid groups (broad SMARTS) is 1. The van der Waals surface area contributed by atoms with Crippen molar-refractivity contribution in [1.82, 2.24) is 0 Å². The van der Waals surface area contributed by atoms with E-state index in [9.17, 15) is 18.3 Å². The number of aryl methyl sites for hydroxylation is 1. The van der Waals surface area contributed by atoms with Crippen LogP contribution in [0.1, 0.15) is 24.0 Å². The van der Waals surface area contributed by atoms with Crippen LogP contribution in [0, 0.1) is 5.41 Å². The van der Waals surface area contributed by atoms with E-state index in [0.717, 1.165) is 23.8 Å². The summed E-state index contributed by atoms with van der Waals surface area (Å²) in [5.41, 5.74) is 0.487. The number of hydrogen-bond acceptors (Lipinski definition) is 4. The minimum atomic E-state index is -3.48. The molecule has 0 saturated heterocycles. The van der Waals surface area contributed by atoms with Crippen molar-refractivity contribution < 1.29 is 23.1 Å². The van der Waals surface area contributed by atoms with Crippen molar-refractivity contribution in [3.8, 4) is 0 Å². The smallest absolute Gasteiger partial charge is 0.314 e. The van der Waals surface area contributed by atoms with Crippen LogP contribution in [0.5, 0.6) is 0 Å². The van der Waals surface area contributed by atoms with Gasteiger partial charge in [0.25, 0.3) is 0 Å². The Morgan fingerprint density at radius 2 is 1.90 bits per heavy atom. The lowest BCUT2D eigenvalue weighted by Crippen LogP contribution is -2.28. The highest BCUT2D eigenvalue weighted by Crippen LogP contribution is 2.63. The van der Waals surface area contributed by atoms with Gasteiger partial charge in [0, 0.05) is 19.3 Å². The number of benzene rings is 1. The Labute approximate surface area is 124 Å². The van der Waals surface area contributed by atoms with Crippen LogP contribution in [-0.2, 0) is 25.8 Å².